The molecule has 10 heteroatoms. The Balaban J connectivity index is 1.39. The highest BCUT2D eigenvalue weighted by Crippen LogP contribution is 2.29. The van der Waals surface area contributed by atoms with Crippen LogP contribution in [0.1, 0.15) is 50.6 Å². The molecule has 0 bridgehead atoms. The Morgan fingerprint density at radius 1 is 0.944 bits per heavy atom. The lowest BCUT2D eigenvalue weighted by Crippen LogP contribution is -2.43. The second kappa shape index (κ2) is 11.2. The Kier molecular flexibility index (Phi) is 7.64. The standard InChI is InChI=1S/C26H26N4O6/c1-16-23-20(27-29-25(32)17-11-13-18(34-2)14-12-17)9-6-10-21(23)36-24(16)26(33)30-28-22(31)15-35-19-7-4-3-5-8-19/h3-5,7-8,11-14H,6,9-10,15H2,1-2H3,(H,28,31)(H,29,32)(H,30,33)/b27-20+. The molecule has 4 rings (SSSR count). The molecule has 186 valence electrons. The molecule has 1 heterocycles. The van der Waals surface area contributed by atoms with Gasteiger partial charge in [0, 0.05) is 23.1 Å². The largest absolute Gasteiger partial charge is 0.497 e. The predicted molar refractivity (Wildman–Crippen MR) is 131 cm³/mol. The Labute approximate surface area is 207 Å². The third-order valence-electron chi connectivity index (χ3n) is 5.61. The summed E-state index contributed by atoms with van der Waals surface area (Å²) in [6.07, 6.45) is 2.00. The van der Waals surface area contributed by atoms with E-state index in [1.54, 1.807) is 62.6 Å². The molecule has 0 saturated carbocycles. The lowest BCUT2D eigenvalue weighted by Gasteiger charge is -2.13. The van der Waals surface area contributed by atoms with Gasteiger partial charge in [-0.05, 0) is 56.2 Å². The van der Waals surface area contributed by atoms with Crippen LogP contribution >= 0.6 is 0 Å². The van der Waals surface area contributed by atoms with Crippen molar-refractivity contribution in [3.63, 3.8) is 0 Å². The molecular formula is C26H26N4O6. The van der Waals surface area contributed by atoms with Crippen LogP contribution in [0.4, 0.5) is 0 Å². The van der Waals surface area contributed by atoms with Gasteiger partial charge in [-0.3, -0.25) is 25.2 Å². The monoisotopic (exact) mass is 490 g/mol. The number of carbonyl (C=O) groups is 3. The molecule has 0 unspecified atom stereocenters. The zero-order chi connectivity index (χ0) is 25.5. The van der Waals surface area contributed by atoms with Gasteiger partial charge in [-0.15, -0.1) is 0 Å². The minimum Gasteiger partial charge on any atom is -0.497 e. The van der Waals surface area contributed by atoms with E-state index in [9.17, 15) is 14.4 Å². The van der Waals surface area contributed by atoms with E-state index >= 15 is 0 Å². The summed E-state index contributed by atoms with van der Waals surface area (Å²) < 4.78 is 16.3. The zero-order valence-corrected chi connectivity index (χ0v) is 19.9. The molecule has 0 radical (unpaired) electrons. The van der Waals surface area contributed by atoms with E-state index in [0.29, 0.717) is 52.5 Å². The number of carbonyl (C=O) groups excluding carboxylic acids is 3. The molecule has 3 amide bonds. The molecule has 0 fully saturated rings. The summed E-state index contributed by atoms with van der Waals surface area (Å²) >= 11 is 0. The molecule has 0 saturated heterocycles. The molecule has 2 aromatic carbocycles. The van der Waals surface area contributed by atoms with Crippen molar-refractivity contribution in [1.29, 1.82) is 0 Å². The van der Waals surface area contributed by atoms with Crippen molar-refractivity contribution in [2.45, 2.75) is 26.2 Å². The van der Waals surface area contributed by atoms with Crippen LogP contribution in [-0.4, -0.2) is 37.1 Å². The van der Waals surface area contributed by atoms with Gasteiger partial charge in [0.2, 0.25) is 0 Å². The SMILES string of the molecule is COc1ccc(C(=O)N/N=C2\CCCc3oc(C(=O)NNC(=O)COc4ccccc4)c(C)c32)cc1. The van der Waals surface area contributed by atoms with E-state index in [-0.39, 0.29) is 18.3 Å². The molecule has 3 N–H and O–H groups in total. The summed E-state index contributed by atoms with van der Waals surface area (Å²) in [7, 11) is 1.55. The van der Waals surface area contributed by atoms with Gasteiger partial charge >= 0.3 is 5.91 Å². The third-order valence-corrected chi connectivity index (χ3v) is 5.61. The molecule has 1 aliphatic carbocycles. The van der Waals surface area contributed by atoms with E-state index < -0.39 is 11.8 Å². The number of ether oxygens (including phenoxy) is 2. The minimum atomic E-state index is -0.600. The smallest absolute Gasteiger partial charge is 0.305 e. The first-order valence-electron chi connectivity index (χ1n) is 11.4. The number of benzene rings is 2. The maximum atomic E-state index is 12.7. The van der Waals surface area contributed by atoms with Crippen LogP contribution in [0.25, 0.3) is 0 Å². The van der Waals surface area contributed by atoms with Crippen LogP contribution in [0.2, 0.25) is 0 Å². The van der Waals surface area contributed by atoms with Gasteiger partial charge in [-0.25, -0.2) is 5.43 Å². The Bertz CT molecular complexity index is 1280. The van der Waals surface area contributed by atoms with Gasteiger partial charge in [0.15, 0.2) is 12.4 Å². The number of fused-ring (bicyclic) bond motifs is 1. The highest BCUT2D eigenvalue weighted by Gasteiger charge is 2.28. The number of rotatable bonds is 7. The first-order chi connectivity index (χ1) is 17.5. The fourth-order valence-corrected chi connectivity index (χ4v) is 3.81. The molecule has 1 aliphatic rings. The normalized spacial score (nSPS) is 13.4. The number of furan rings is 1. The lowest BCUT2D eigenvalue weighted by molar-refractivity contribution is -0.123. The molecular weight excluding hydrogens is 464 g/mol. The number of aryl methyl sites for hydroxylation is 1. The fraction of sp³-hybridized carbons (Fsp3) is 0.231. The summed E-state index contributed by atoms with van der Waals surface area (Å²) in [5.41, 5.74) is 9.57. The van der Waals surface area contributed by atoms with Crippen LogP contribution in [-0.2, 0) is 11.2 Å². The van der Waals surface area contributed by atoms with Gasteiger partial charge in [-0.1, -0.05) is 18.2 Å². The number of hydrogen-bond acceptors (Lipinski definition) is 7. The number of nitrogens with zero attached hydrogens (tertiary/aromatic N) is 1. The average Bonchev–Trinajstić information content (AvgIpc) is 3.26. The number of hydrogen-bond donors (Lipinski definition) is 3. The van der Waals surface area contributed by atoms with Crippen molar-refractivity contribution in [3.8, 4) is 11.5 Å². The first-order valence-corrected chi connectivity index (χ1v) is 11.4. The second-order valence-corrected chi connectivity index (χ2v) is 8.04. The van der Waals surface area contributed by atoms with Crippen LogP contribution in [0, 0.1) is 6.92 Å². The molecule has 0 atom stereocenters. The van der Waals surface area contributed by atoms with Crippen LogP contribution in [0.3, 0.4) is 0 Å². The van der Waals surface area contributed by atoms with Gasteiger partial charge in [0.1, 0.15) is 17.3 Å². The number of hydrazine groups is 1. The van der Waals surface area contributed by atoms with Crippen LogP contribution in [0.5, 0.6) is 11.5 Å². The Morgan fingerprint density at radius 2 is 1.69 bits per heavy atom. The van der Waals surface area contributed by atoms with Crippen molar-refractivity contribution in [3.05, 3.63) is 82.8 Å². The number of hydrazone groups is 1. The Morgan fingerprint density at radius 3 is 2.42 bits per heavy atom. The average molecular weight is 491 g/mol. The maximum Gasteiger partial charge on any atom is 0.305 e. The topological polar surface area (TPSA) is 131 Å². The van der Waals surface area contributed by atoms with Crippen LogP contribution in [0.15, 0.2) is 64.1 Å². The summed E-state index contributed by atoms with van der Waals surface area (Å²) in [6.45, 7) is 1.48. The highest BCUT2D eigenvalue weighted by molar-refractivity contribution is 6.07. The number of amides is 3. The number of nitrogens with one attached hydrogen (secondary N) is 3. The fourth-order valence-electron chi connectivity index (χ4n) is 3.81. The predicted octanol–water partition coefficient (Wildman–Crippen LogP) is 2.91. The van der Waals surface area contributed by atoms with E-state index in [1.165, 1.54) is 0 Å². The lowest BCUT2D eigenvalue weighted by atomic mass is 9.93. The van der Waals surface area contributed by atoms with E-state index in [2.05, 4.69) is 21.4 Å². The summed E-state index contributed by atoms with van der Waals surface area (Å²) in [6, 6.07) is 15.5. The Hall–Kier alpha value is -4.60. The molecule has 0 aliphatic heterocycles. The van der Waals surface area contributed by atoms with Gasteiger partial charge in [0.25, 0.3) is 11.8 Å². The van der Waals surface area contributed by atoms with Crippen molar-refractivity contribution in [1.82, 2.24) is 16.3 Å². The molecule has 0 spiro atoms. The highest BCUT2D eigenvalue weighted by atomic mass is 16.5. The second-order valence-electron chi connectivity index (χ2n) is 8.04. The van der Waals surface area contributed by atoms with Gasteiger partial charge in [-0.2, -0.15) is 5.10 Å². The molecule has 36 heavy (non-hydrogen) atoms. The van der Waals surface area contributed by atoms with E-state index in [4.69, 9.17) is 13.9 Å². The van der Waals surface area contributed by atoms with Crippen molar-refractivity contribution < 1.29 is 28.3 Å². The van der Waals surface area contributed by atoms with Crippen molar-refractivity contribution in [2.75, 3.05) is 13.7 Å². The third kappa shape index (κ3) is 5.72. The minimum absolute atomic E-state index is 0.0698. The zero-order valence-electron chi connectivity index (χ0n) is 19.9. The maximum absolute atomic E-state index is 12.7. The summed E-state index contributed by atoms with van der Waals surface area (Å²) in [5, 5.41) is 4.31. The summed E-state index contributed by atoms with van der Waals surface area (Å²) in [4.78, 5) is 37.2. The van der Waals surface area contributed by atoms with E-state index in [1.807, 2.05) is 6.07 Å². The molecule has 3 aromatic rings. The number of para-hydroxylation sites is 1. The number of methoxy groups -OCH3 is 1. The first kappa shape index (κ1) is 24.5. The van der Waals surface area contributed by atoms with Crippen molar-refractivity contribution >= 4 is 23.4 Å². The quantitative estimate of drug-likeness (QED) is 0.437. The summed E-state index contributed by atoms with van der Waals surface area (Å²) in [5.74, 6) is 0.382. The van der Waals surface area contributed by atoms with Crippen LogP contribution < -0.4 is 25.8 Å². The molecule has 1 aromatic heterocycles. The van der Waals surface area contributed by atoms with E-state index in [0.717, 1.165) is 6.42 Å². The van der Waals surface area contributed by atoms with Crippen molar-refractivity contribution in [2.24, 2.45) is 5.10 Å². The van der Waals surface area contributed by atoms with Gasteiger partial charge in [0.05, 0.1) is 12.8 Å². The van der Waals surface area contributed by atoms with Gasteiger partial charge < -0.3 is 13.9 Å². The molecule has 10 nitrogen and oxygen atoms in total.